The lowest BCUT2D eigenvalue weighted by molar-refractivity contribution is 0.613. The van der Waals surface area contributed by atoms with Gasteiger partial charge in [-0.15, -0.1) is 0 Å². The summed E-state index contributed by atoms with van der Waals surface area (Å²) in [7, 11) is 0. The number of anilines is 1. The highest BCUT2D eigenvalue weighted by Crippen LogP contribution is 2.27. The van der Waals surface area contributed by atoms with E-state index in [0.717, 1.165) is 11.0 Å². The summed E-state index contributed by atoms with van der Waals surface area (Å²) in [6, 6.07) is 9.70. The SMILES string of the molecule is S=C1CN=NN1c1cc2ccccc2o1. The first-order valence-electron chi connectivity index (χ1n) is 4.53. The number of fused-ring (bicyclic) bond motifs is 1. The molecule has 15 heavy (non-hydrogen) atoms. The summed E-state index contributed by atoms with van der Waals surface area (Å²) in [5.41, 5.74) is 0.831. The predicted molar refractivity (Wildman–Crippen MR) is 61.0 cm³/mol. The molecule has 0 bridgehead atoms. The van der Waals surface area contributed by atoms with Gasteiger partial charge >= 0.3 is 0 Å². The van der Waals surface area contributed by atoms with Crippen molar-refractivity contribution in [2.45, 2.75) is 0 Å². The summed E-state index contributed by atoms with van der Waals surface area (Å²) >= 11 is 5.11. The summed E-state index contributed by atoms with van der Waals surface area (Å²) in [5.74, 6) is 0.627. The lowest BCUT2D eigenvalue weighted by Gasteiger charge is -2.06. The van der Waals surface area contributed by atoms with Gasteiger partial charge in [0.05, 0.1) is 0 Å². The Hall–Kier alpha value is -1.75. The molecule has 0 spiro atoms. The van der Waals surface area contributed by atoms with Crippen molar-refractivity contribution in [2.24, 2.45) is 10.3 Å². The Labute approximate surface area is 91.2 Å². The van der Waals surface area contributed by atoms with Crippen LogP contribution < -0.4 is 5.01 Å². The van der Waals surface area contributed by atoms with Crippen molar-refractivity contribution in [1.82, 2.24) is 0 Å². The number of benzene rings is 1. The van der Waals surface area contributed by atoms with Crippen LogP contribution in [0, 0.1) is 0 Å². The third-order valence-electron chi connectivity index (χ3n) is 2.22. The lowest BCUT2D eigenvalue weighted by Crippen LogP contribution is -2.19. The highest BCUT2D eigenvalue weighted by Gasteiger charge is 2.19. The van der Waals surface area contributed by atoms with Crippen LogP contribution in [0.2, 0.25) is 0 Å². The summed E-state index contributed by atoms with van der Waals surface area (Å²) in [6.45, 7) is 0.465. The van der Waals surface area contributed by atoms with Crippen molar-refractivity contribution in [3.63, 3.8) is 0 Å². The third kappa shape index (κ3) is 1.32. The van der Waals surface area contributed by atoms with Gasteiger partial charge in [0.1, 0.15) is 17.1 Å². The van der Waals surface area contributed by atoms with Crippen LogP contribution in [-0.4, -0.2) is 11.5 Å². The minimum absolute atomic E-state index is 0.465. The predicted octanol–water partition coefficient (Wildman–Crippen LogP) is 2.95. The zero-order valence-corrected chi connectivity index (χ0v) is 8.57. The van der Waals surface area contributed by atoms with Crippen LogP contribution in [0.3, 0.4) is 0 Å². The van der Waals surface area contributed by atoms with Crippen molar-refractivity contribution in [3.8, 4) is 0 Å². The van der Waals surface area contributed by atoms with E-state index in [2.05, 4.69) is 10.3 Å². The second-order valence-corrected chi connectivity index (χ2v) is 3.69. The van der Waals surface area contributed by atoms with E-state index in [9.17, 15) is 0 Å². The van der Waals surface area contributed by atoms with E-state index >= 15 is 0 Å². The number of hydrogen-bond donors (Lipinski definition) is 0. The molecule has 0 aliphatic carbocycles. The summed E-state index contributed by atoms with van der Waals surface area (Å²) < 4.78 is 5.61. The van der Waals surface area contributed by atoms with Gasteiger partial charge < -0.3 is 4.42 Å². The Balaban J connectivity index is 2.12. The largest absolute Gasteiger partial charge is 0.438 e. The van der Waals surface area contributed by atoms with Gasteiger partial charge in [-0.05, 0) is 6.07 Å². The molecule has 0 unspecified atom stereocenters. The molecular formula is C10H7N3OS. The van der Waals surface area contributed by atoms with Gasteiger partial charge in [-0.25, -0.2) is 0 Å². The normalized spacial score (nSPS) is 15.5. The molecule has 0 saturated carbocycles. The van der Waals surface area contributed by atoms with Crippen LogP contribution in [0.15, 0.2) is 45.1 Å². The zero-order valence-electron chi connectivity index (χ0n) is 7.75. The highest BCUT2D eigenvalue weighted by molar-refractivity contribution is 7.80. The Morgan fingerprint density at radius 3 is 2.93 bits per heavy atom. The fourth-order valence-corrected chi connectivity index (χ4v) is 1.70. The van der Waals surface area contributed by atoms with Crippen molar-refractivity contribution >= 4 is 34.1 Å². The standard InChI is InChI=1S/C10H7N3OS/c15-10-6-11-12-13(10)9-5-7-3-1-2-4-8(7)14-9/h1-5H,6H2. The molecule has 2 aromatic rings. The molecule has 0 N–H and O–H groups in total. The number of furan rings is 1. The number of hydrogen-bond acceptors (Lipinski definition) is 4. The summed E-state index contributed by atoms with van der Waals surface area (Å²) in [4.78, 5) is 0.661. The first-order valence-corrected chi connectivity index (χ1v) is 4.94. The van der Waals surface area contributed by atoms with Gasteiger partial charge in [0.2, 0.25) is 5.88 Å². The maximum Gasteiger partial charge on any atom is 0.223 e. The van der Waals surface area contributed by atoms with Crippen LogP contribution >= 0.6 is 12.2 Å². The first kappa shape index (κ1) is 8.55. The van der Waals surface area contributed by atoms with Gasteiger partial charge in [-0.1, -0.05) is 35.6 Å². The monoisotopic (exact) mass is 217 g/mol. The molecule has 4 nitrogen and oxygen atoms in total. The fourth-order valence-electron chi connectivity index (χ4n) is 1.51. The highest BCUT2D eigenvalue weighted by atomic mass is 32.1. The molecule has 3 rings (SSSR count). The van der Waals surface area contributed by atoms with Crippen molar-refractivity contribution in [3.05, 3.63) is 30.3 Å². The fraction of sp³-hybridized carbons (Fsp3) is 0.100. The van der Waals surface area contributed by atoms with Crippen molar-refractivity contribution in [2.75, 3.05) is 11.6 Å². The van der Waals surface area contributed by atoms with E-state index in [-0.39, 0.29) is 0 Å². The maximum atomic E-state index is 5.61. The van der Waals surface area contributed by atoms with E-state index in [0.29, 0.717) is 17.4 Å². The minimum atomic E-state index is 0.465. The molecule has 74 valence electrons. The molecule has 0 amide bonds. The smallest absolute Gasteiger partial charge is 0.223 e. The van der Waals surface area contributed by atoms with Gasteiger partial charge in [-0.3, -0.25) is 0 Å². The van der Waals surface area contributed by atoms with Crippen LogP contribution in [0.5, 0.6) is 0 Å². The van der Waals surface area contributed by atoms with Crippen LogP contribution in [0.4, 0.5) is 5.88 Å². The van der Waals surface area contributed by atoms with Gasteiger partial charge in [0.15, 0.2) is 0 Å². The average Bonchev–Trinajstić information content (AvgIpc) is 2.82. The molecule has 0 fully saturated rings. The lowest BCUT2D eigenvalue weighted by atomic mass is 10.3. The van der Waals surface area contributed by atoms with E-state index in [1.54, 1.807) is 5.01 Å². The quantitative estimate of drug-likeness (QED) is 0.689. The molecule has 2 heterocycles. The van der Waals surface area contributed by atoms with Crippen molar-refractivity contribution in [1.29, 1.82) is 0 Å². The number of thiocarbonyl (C=S) groups is 1. The van der Waals surface area contributed by atoms with E-state index in [1.165, 1.54) is 0 Å². The first-order chi connectivity index (χ1) is 7.34. The second-order valence-electron chi connectivity index (χ2n) is 3.22. The summed E-state index contributed by atoms with van der Waals surface area (Å²) in [5, 5.41) is 10.3. The Morgan fingerprint density at radius 1 is 1.33 bits per heavy atom. The molecule has 1 aromatic carbocycles. The molecule has 1 aromatic heterocycles. The zero-order chi connectivity index (χ0) is 10.3. The van der Waals surface area contributed by atoms with Gasteiger partial charge in [0.25, 0.3) is 0 Å². The number of nitrogens with zero attached hydrogens (tertiary/aromatic N) is 3. The summed E-state index contributed by atoms with van der Waals surface area (Å²) in [6.07, 6.45) is 0. The maximum absolute atomic E-state index is 5.61. The third-order valence-corrected chi connectivity index (χ3v) is 2.52. The molecule has 1 aliphatic heterocycles. The van der Waals surface area contributed by atoms with Crippen LogP contribution in [-0.2, 0) is 0 Å². The Kier molecular flexibility index (Phi) is 1.78. The minimum Gasteiger partial charge on any atom is -0.438 e. The van der Waals surface area contributed by atoms with E-state index < -0.39 is 0 Å². The second kappa shape index (κ2) is 3.13. The van der Waals surface area contributed by atoms with E-state index in [4.69, 9.17) is 16.6 Å². The number of rotatable bonds is 1. The molecule has 0 radical (unpaired) electrons. The van der Waals surface area contributed by atoms with E-state index in [1.807, 2.05) is 30.3 Å². The van der Waals surface area contributed by atoms with Gasteiger partial charge in [-0.2, -0.15) is 10.1 Å². The topological polar surface area (TPSA) is 41.1 Å². The Bertz CT molecular complexity index is 528. The average molecular weight is 217 g/mol. The molecule has 0 saturated heterocycles. The number of para-hydroxylation sites is 1. The van der Waals surface area contributed by atoms with Crippen LogP contribution in [0.25, 0.3) is 11.0 Å². The Morgan fingerprint density at radius 2 is 2.20 bits per heavy atom. The molecule has 5 heteroatoms. The van der Waals surface area contributed by atoms with Gasteiger partial charge in [0, 0.05) is 11.5 Å². The molecule has 1 aliphatic rings. The van der Waals surface area contributed by atoms with Crippen molar-refractivity contribution < 1.29 is 4.42 Å². The molecule has 0 atom stereocenters. The molecular weight excluding hydrogens is 210 g/mol. The van der Waals surface area contributed by atoms with Crippen LogP contribution in [0.1, 0.15) is 0 Å².